The maximum absolute atomic E-state index is 13.4. The minimum Gasteiger partial charge on any atom is -0.392 e. The van der Waals surface area contributed by atoms with Crippen molar-refractivity contribution in [1.29, 1.82) is 0 Å². The van der Waals surface area contributed by atoms with Crippen LogP contribution in [0.1, 0.15) is 23.6 Å². The fraction of sp³-hybridized carbons (Fsp3) is 0.438. The van der Waals surface area contributed by atoms with E-state index in [1.807, 2.05) is 25.5 Å². The molecule has 0 spiro atoms. The molecule has 5 heteroatoms. The largest absolute Gasteiger partial charge is 0.392 e. The molecule has 0 bridgehead atoms. The van der Waals surface area contributed by atoms with Gasteiger partial charge in [-0.25, -0.2) is 4.39 Å². The number of halogens is 1. The Morgan fingerprint density at radius 1 is 1.43 bits per heavy atom. The first-order valence-electron chi connectivity index (χ1n) is 7.27. The Bertz CT molecular complexity index is 613. The van der Waals surface area contributed by atoms with E-state index in [0.717, 1.165) is 18.5 Å². The lowest BCUT2D eigenvalue weighted by molar-refractivity contribution is 0.175. The van der Waals surface area contributed by atoms with Gasteiger partial charge < -0.3 is 5.11 Å². The third-order valence-electron chi connectivity index (χ3n) is 4.06. The highest BCUT2D eigenvalue weighted by Crippen LogP contribution is 2.32. The highest BCUT2D eigenvalue weighted by molar-refractivity contribution is 5.22. The van der Waals surface area contributed by atoms with Crippen molar-refractivity contribution in [2.24, 2.45) is 7.05 Å². The second-order valence-corrected chi connectivity index (χ2v) is 5.73. The molecule has 1 fully saturated rings. The van der Waals surface area contributed by atoms with Crippen LogP contribution in [0.3, 0.4) is 0 Å². The molecule has 0 saturated carbocycles. The Balaban J connectivity index is 1.70. The summed E-state index contributed by atoms with van der Waals surface area (Å²) < 4.78 is 15.2. The summed E-state index contributed by atoms with van der Waals surface area (Å²) in [4.78, 5) is 2.23. The molecule has 1 aromatic heterocycles. The van der Waals surface area contributed by atoms with Crippen molar-refractivity contribution in [3.8, 4) is 0 Å². The van der Waals surface area contributed by atoms with E-state index < -0.39 is 0 Å². The van der Waals surface area contributed by atoms with Crippen LogP contribution in [0.25, 0.3) is 0 Å². The standard InChI is InChI=1S/C16H20FN3O/c1-19-10-12(9-18-19)5-6-20-11-15(21)8-16(20)13-3-2-4-14(17)7-13/h2-4,7,9-10,15-16,21H,5-6,8,11H2,1H3/t15-,16-/m1/s1. The lowest BCUT2D eigenvalue weighted by Gasteiger charge is -2.24. The molecule has 3 rings (SSSR count). The first-order chi connectivity index (χ1) is 10.1. The van der Waals surface area contributed by atoms with Crippen LogP contribution in [0, 0.1) is 5.82 Å². The molecule has 112 valence electrons. The van der Waals surface area contributed by atoms with E-state index in [1.165, 1.54) is 11.6 Å². The molecule has 0 amide bonds. The molecule has 1 aliphatic rings. The minimum atomic E-state index is -0.341. The second kappa shape index (κ2) is 5.95. The molecular formula is C16H20FN3O. The SMILES string of the molecule is Cn1cc(CCN2C[C@H](O)C[C@@H]2c2cccc(F)c2)cn1. The predicted molar refractivity (Wildman–Crippen MR) is 78.2 cm³/mol. The highest BCUT2D eigenvalue weighted by atomic mass is 19.1. The van der Waals surface area contributed by atoms with Crippen LogP contribution in [-0.4, -0.2) is 39.0 Å². The number of aryl methyl sites for hydroxylation is 1. The maximum atomic E-state index is 13.4. The first kappa shape index (κ1) is 14.2. The van der Waals surface area contributed by atoms with Crippen LogP contribution in [0.2, 0.25) is 0 Å². The van der Waals surface area contributed by atoms with E-state index >= 15 is 0 Å². The molecule has 1 aromatic carbocycles. The molecule has 2 atom stereocenters. The van der Waals surface area contributed by atoms with Gasteiger partial charge in [0, 0.05) is 32.4 Å². The van der Waals surface area contributed by atoms with Crippen molar-refractivity contribution < 1.29 is 9.50 Å². The molecule has 21 heavy (non-hydrogen) atoms. The number of rotatable bonds is 4. The van der Waals surface area contributed by atoms with E-state index in [9.17, 15) is 9.50 Å². The number of hydrogen-bond acceptors (Lipinski definition) is 3. The zero-order valence-electron chi connectivity index (χ0n) is 12.1. The number of β-amino-alcohol motifs (C(OH)–C–C–N with tert-alkyl or cyclic N) is 1. The lowest BCUT2D eigenvalue weighted by Crippen LogP contribution is -2.27. The van der Waals surface area contributed by atoms with Gasteiger partial charge in [-0.3, -0.25) is 9.58 Å². The molecule has 0 radical (unpaired) electrons. The summed E-state index contributed by atoms with van der Waals surface area (Å²) >= 11 is 0. The topological polar surface area (TPSA) is 41.3 Å². The molecule has 0 aliphatic carbocycles. The molecule has 4 nitrogen and oxygen atoms in total. The van der Waals surface area contributed by atoms with Gasteiger partial charge in [-0.2, -0.15) is 5.10 Å². The molecule has 2 aromatic rings. The number of benzene rings is 1. The summed E-state index contributed by atoms with van der Waals surface area (Å²) in [5.41, 5.74) is 2.12. The third-order valence-corrected chi connectivity index (χ3v) is 4.06. The van der Waals surface area contributed by atoms with E-state index in [-0.39, 0.29) is 18.0 Å². The molecule has 1 saturated heterocycles. The van der Waals surface area contributed by atoms with Crippen molar-refractivity contribution in [3.05, 3.63) is 53.6 Å². The maximum Gasteiger partial charge on any atom is 0.123 e. The van der Waals surface area contributed by atoms with Crippen LogP contribution in [0.5, 0.6) is 0 Å². The van der Waals surface area contributed by atoms with Gasteiger partial charge in [-0.05, 0) is 36.1 Å². The number of aliphatic hydroxyl groups is 1. The Labute approximate surface area is 123 Å². The van der Waals surface area contributed by atoms with E-state index in [4.69, 9.17) is 0 Å². The summed E-state index contributed by atoms with van der Waals surface area (Å²) in [7, 11) is 1.90. The highest BCUT2D eigenvalue weighted by Gasteiger charge is 2.31. The Morgan fingerprint density at radius 3 is 3.00 bits per heavy atom. The number of hydrogen-bond donors (Lipinski definition) is 1. The van der Waals surface area contributed by atoms with Crippen LogP contribution >= 0.6 is 0 Å². The van der Waals surface area contributed by atoms with Crippen molar-refractivity contribution >= 4 is 0 Å². The van der Waals surface area contributed by atoms with Gasteiger partial charge in [-0.15, -0.1) is 0 Å². The van der Waals surface area contributed by atoms with Crippen LogP contribution in [-0.2, 0) is 13.5 Å². The van der Waals surface area contributed by atoms with Gasteiger partial charge in [-0.1, -0.05) is 12.1 Å². The molecular weight excluding hydrogens is 269 g/mol. The predicted octanol–water partition coefficient (Wildman–Crippen LogP) is 1.91. The molecule has 0 unspecified atom stereocenters. The Kier molecular flexibility index (Phi) is 4.03. The van der Waals surface area contributed by atoms with Gasteiger partial charge in [0.2, 0.25) is 0 Å². The van der Waals surface area contributed by atoms with Crippen LogP contribution in [0.15, 0.2) is 36.7 Å². The van der Waals surface area contributed by atoms with Crippen molar-refractivity contribution in [1.82, 2.24) is 14.7 Å². The molecule has 2 heterocycles. The van der Waals surface area contributed by atoms with Gasteiger partial charge in [0.15, 0.2) is 0 Å². The Hall–Kier alpha value is -1.72. The van der Waals surface area contributed by atoms with Crippen molar-refractivity contribution in [2.45, 2.75) is 25.0 Å². The van der Waals surface area contributed by atoms with Crippen LogP contribution in [0.4, 0.5) is 4.39 Å². The average Bonchev–Trinajstić information content (AvgIpc) is 3.02. The fourth-order valence-electron chi connectivity index (χ4n) is 3.06. The first-order valence-corrected chi connectivity index (χ1v) is 7.27. The van der Waals surface area contributed by atoms with Gasteiger partial charge in [0.05, 0.1) is 12.3 Å². The number of aromatic nitrogens is 2. The van der Waals surface area contributed by atoms with E-state index in [2.05, 4.69) is 10.00 Å². The lowest BCUT2D eigenvalue weighted by atomic mass is 10.0. The van der Waals surface area contributed by atoms with Crippen molar-refractivity contribution in [2.75, 3.05) is 13.1 Å². The monoisotopic (exact) mass is 289 g/mol. The number of aliphatic hydroxyl groups excluding tert-OH is 1. The molecule has 1 N–H and O–H groups in total. The summed E-state index contributed by atoms with van der Waals surface area (Å²) in [5, 5.41) is 14.1. The van der Waals surface area contributed by atoms with Gasteiger partial charge >= 0.3 is 0 Å². The van der Waals surface area contributed by atoms with Gasteiger partial charge in [0.1, 0.15) is 5.82 Å². The summed E-state index contributed by atoms with van der Waals surface area (Å²) in [6.45, 7) is 1.48. The number of likely N-dealkylation sites (tertiary alicyclic amines) is 1. The van der Waals surface area contributed by atoms with E-state index in [0.29, 0.717) is 13.0 Å². The second-order valence-electron chi connectivity index (χ2n) is 5.73. The normalized spacial score (nSPS) is 22.8. The van der Waals surface area contributed by atoms with Crippen LogP contribution < -0.4 is 0 Å². The minimum absolute atomic E-state index is 0.0902. The van der Waals surface area contributed by atoms with Gasteiger partial charge in [0.25, 0.3) is 0 Å². The molecule has 1 aliphatic heterocycles. The summed E-state index contributed by atoms with van der Waals surface area (Å²) in [6, 6.07) is 6.78. The average molecular weight is 289 g/mol. The van der Waals surface area contributed by atoms with E-state index in [1.54, 1.807) is 16.8 Å². The third kappa shape index (κ3) is 3.31. The Morgan fingerprint density at radius 2 is 2.29 bits per heavy atom. The summed E-state index contributed by atoms with van der Waals surface area (Å²) in [5.74, 6) is -0.221. The number of nitrogens with zero attached hydrogens (tertiary/aromatic N) is 3. The smallest absolute Gasteiger partial charge is 0.123 e. The quantitative estimate of drug-likeness (QED) is 0.935. The zero-order valence-corrected chi connectivity index (χ0v) is 12.1. The van der Waals surface area contributed by atoms with Crippen molar-refractivity contribution in [3.63, 3.8) is 0 Å². The fourth-order valence-corrected chi connectivity index (χ4v) is 3.06. The summed E-state index contributed by atoms with van der Waals surface area (Å²) in [6.07, 6.45) is 5.07. The zero-order chi connectivity index (χ0) is 14.8.